The van der Waals surface area contributed by atoms with E-state index < -0.39 is 5.60 Å². The molecule has 0 bridgehead atoms. The smallest absolute Gasteiger partial charge is 0.410 e. The summed E-state index contributed by atoms with van der Waals surface area (Å²) in [6.45, 7) is 6.88. The van der Waals surface area contributed by atoms with Crippen molar-refractivity contribution in [2.45, 2.75) is 58.3 Å². The first-order valence-corrected chi connectivity index (χ1v) is 9.55. The number of aromatic nitrogens is 1. The zero-order chi connectivity index (χ0) is 19.3. The third-order valence-corrected chi connectivity index (χ3v) is 4.50. The van der Waals surface area contributed by atoms with Gasteiger partial charge in [0, 0.05) is 18.8 Å². The molecule has 0 radical (unpaired) electrons. The molecule has 1 saturated heterocycles. The lowest BCUT2D eigenvalue weighted by molar-refractivity contribution is 0.00947. The molecule has 5 nitrogen and oxygen atoms in total. The predicted octanol–water partition coefficient (Wildman–Crippen LogP) is 5.12. The van der Waals surface area contributed by atoms with Gasteiger partial charge >= 0.3 is 6.09 Å². The van der Waals surface area contributed by atoms with Crippen LogP contribution >= 0.6 is 0 Å². The minimum absolute atomic E-state index is 0.00396. The number of piperidine rings is 1. The highest BCUT2D eigenvalue weighted by Crippen LogP contribution is 2.32. The van der Waals surface area contributed by atoms with Crippen LogP contribution in [0.2, 0.25) is 0 Å². The molecule has 0 spiro atoms. The van der Waals surface area contributed by atoms with E-state index in [0.29, 0.717) is 19.0 Å². The van der Waals surface area contributed by atoms with Gasteiger partial charge in [0.1, 0.15) is 12.2 Å². The summed E-state index contributed by atoms with van der Waals surface area (Å²) in [5.74, 6) is 0.585. The van der Waals surface area contributed by atoms with Crippen LogP contribution in [-0.4, -0.2) is 28.1 Å². The van der Waals surface area contributed by atoms with Gasteiger partial charge in [0.25, 0.3) is 0 Å². The zero-order valence-corrected chi connectivity index (χ0v) is 16.4. The predicted molar refractivity (Wildman–Crippen MR) is 105 cm³/mol. The second kappa shape index (κ2) is 8.42. The Hall–Kier alpha value is -2.56. The van der Waals surface area contributed by atoms with E-state index in [1.165, 1.54) is 0 Å². The van der Waals surface area contributed by atoms with Crippen molar-refractivity contribution in [2.24, 2.45) is 0 Å². The van der Waals surface area contributed by atoms with Gasteiger partial charge in [-0.25, -0.2) is 9.78 Å². The van der Waals surface area contributed by atoms with Gasteiger partial charge in [-0.2, -0.15) is 0 Å². The molecule has 0 N–H and O–H groups in total. The third-order valence-electron chi connectivity index (χ3n) is 4.50. The van der Waals surface area contributed by atoms with E-state index in [4.69, 9.17) is 9.47 Å². The molecular formula is C22H28N2O3. The third kappa shape index (κ3) is 5.46. The number of carbonyl (C=O) groups excluding carboxylic acids is 1. The van der Waals surface area contributed by atoms with Gasteiger partial charge in [0.15, 0.2) is 0 Å². The number of rotatable bonds is 4. The standard InChI is InChI=1S/C22H28N2O3/c1-22(2,3)27-21(25)24-14-8-7-11-19(24)18-12-13-20(23-15-18)26-16-17-9-5-4-6-10-17/h4-6,9-10,12-13,15,19H,7-8,11,14,16H2,1-3H3. The van der Waals surface area contributed by atoms with Crippen molar-refractivity contribution in [1.82, 2.24) is 9.88 Å². The molecule has 1 unspecified atom stereocenters. The van der Waals surface area contributed by atoms with E-state index in [1.807, 2.05) is 74.3 Å². The Morgan fingerprint density at radius 3 is 2.59 bits per heavy atom. The Morgan fingerprint density at radius 2 is 1.93 bits per heavy atom. The number of nitrogens with zero attached hydrogens (tertiary/aromatic N) is 2. The molecule has 27 heavy (non-hydrogen) atoms. The molecule has 1 aliphatic rings. The lowest BCUT2D eigenvalue weighted by Crippen LogP contribution is -2.41. The molecule has 1 aromatic heterocycles. The Bertz CT molecular complexity index is 738. The molecule has 0 aliphatic carbocycles. The summed E-state index contributed by atoms with van der Waals surface area (Å²) < 4.78 is 11.3. The molecule has 3 rings (SSSR count). The fraction of sp³-hybridized carbons (Fsp3) is 0.455. The Morgan fingerprint density at radius 1 is 1.15 bits per heavy atom. The minimum Gasteiger partial charge on any atom is -0.473 e. The highest BCUT2D eigenvalue weighted by Gasteiger charge is 2.31. The molecule has 5 heteroatoms. The fourth-order valence-electron chi connectivity index (χ4n) is 3.22. The highest BCUT2D eigenvalue weighted by molar-refractivity contribution is 5.69. The van der Waals surface area contributed by atoms with E-state index in [0.717, 1.165) is 30.4 Å². The summed E-state index contributed by atoms with van der Waals surface area (Å²) in [4.78, 5) is 18.8. The first kappa shape index (κ1) is 19.2. The number of likely N-dealkylation sites (tertiary alicyclic amines) is 1. The molecule has 1 atom stereocenters. The van der Waals surface area contributed by atoms with E-state index >= 15 is 0 Å². The van der Waals surface area contributed by atoms with E-state index in [9.17, 15) is 4.79 Å². The molecule has 144 valence electrons. The molecule has 0 saturated carbocycles. The lowest BCUT2D eigenvalue weighted by Gasteiger charge is -2.36. The van der Waals surface area contributed by atoms with Crippen molar-refractivity contribution in [1.29, 1.82) is 0 Å². The van der Waals surface area contributed by atoms with Gasteiger partial charge in [-0.1, -0.05) is 36.4 Å². The number of pyridine rings is 1. The van der Waals surface area contributed by atoms with Crippen molar-refractivity contribution in [3.8, 4) is 5.88 Å². The van der Waals surface area contributed by atoms with Crippen molar-refractivity contribution in [3.05, 3.63) is 59.8 Å². The van der Waals surface area contributed by atoms with Crippen molar-refractivity contribution < 1.29 is 14.3 Å². The second-order valence-corrected chi connectivity index (χ2v) is 7.89. The molecule has 1 amide bonds. The molecule has 2 heterocycles. The summed E-state index contributed by atoms with van der Waals surface area (Å²) in [7, 11) is 0. The Kier molecular flexibility index (Phi) is 5.99. The van der Waals surface area contributed by atoms with Crippen LogP contribution in [0.15, 0.2) is 48.7 Å². The van der Waals surface area contributed by atoms with Crippen LogP contribution in [0.5, 0.6) is 5.88 Å². The van der Waals surface area contributed by atoms with E-state index in [1.54, 1.807) is 0 Å². The summed E-state index contributed by atoms with van der Waals surface area (Å²) in [6.07, 6.45) is 4.58. The van der Waals surface area contributed by atoms with Crippen molar-refractivity contribution >= 4 is 6.09 Å². The van der Waals surface area contributed by atoms with Gasteiger partial charge in [0.2, 0.25) is 5.88 Å². The molecular weight excluding hydrogens is 340 g/mol. The van der Waals surface area contributed by atoms with Gasteiger partial charge < -0.3 is 14.4 Å². The topological polar surface area (TPSA) is 51.7 Å². The maximum Gasteiger partial charge on any atom is 0.410 e. The fourth-order valence-corrected chi connectivity index (χ4v) is 3.22. The first-order chi connectivity index (χ1) is 12.9. The van der Waals surface area contributed by atoms with Gasteiger partial charge in [-0.05, 0) is 51.2 Å². The Balaban J connectivity index is 1.66. The molecule has 1 fully saturated rings. The molecule has 1 aromatic carbocycles. The maximum absolute atomic E-state index is 12.6. The summed E-state index contributed by atoms with van der Waals surface area (Å²) in [5, 5.41) is 0. The monoisotopic (exact) mass is 368 g/mol. The number of benzene rings is 1. The zero-order valence-electron chi connectivity index (χ0n) is 16.4. The molecule has 2 aromatic rings. The van der Waals surface area contributed by atoms with Crippen LogP contribution in [-0.2, 0) is 11.3 Å². The van der Waals surface area contributed by atoms with Crippen LogP contribution in [0.1, 0.15) is 57.2 Å². The first-order valence-electron chi connectivity index (χ1n) is 9.55. The number of ether oxygens (including phenoxy) is 2. The van der Waals surface area contributed by atoms with Gasteiger partial charge in [-0.3, -0.25) is 0 Å². The number of hydrogen-bond donors (Lipinski definition) is 0. The van der Waals surface area contributed by atoms with Crippen LogP contribution in [0.3, 0.4) is 0 Å². The number of amides is 1. The lowest BCUT2D eigenvalue weighted by atomic mass is 9.97. The normalized spacial score (nSPS) is 17.4. The number of carbonyl (C=O) groups is 1. The summed E-state index contributed by atoms with van der Waals surface area (Å²) in [5.41, 5.74) is 1.63. The highest BCUT2D eigenvalue weighted by atomic mass is 16.6. The summed E-state index contributed by atoms with van der Waals surface area (Å²) in [6, 6.07) is 13.9. The average molecular weight is 368 g/mol. The quantitative estimate of drug-likeness (QED) is 0.751. The minimum atomic E-state index is -0.494. The van der Waals surface area contributed by atoms with Crippen LogP contribution in [0.4, 0.5) is 4.79 Å². The molecule has 1 aliphatic heterocycles. The SMILES string of the molecule is CC(C)(C)OC(=O)N1CCCCC1c1ccc(OCc2ccccc2)nc1. The van der Waals surface area contributed by atoms with E-state index in [2.05, 4.69) is 4.98 Å². The van der Waals surface area contributed by atoms with Gasteiger partial charge in [-0.15, -0.1) is 0 Å². The van der Waals surface area contributed by atoms with Crippen LogP contribution in [0.25, 0.3) is 0 Å². The summed E-state index contributed by atoms with van der Waals surface area (Å²) >= 11 is 0. The van der Waals surface area contributed by atoms with Crippen LogP contribution < -0.4 is 4.74 Å². The van der Waals surface area contributed by atoms with Crippen molar-refractivity contribution in [3.63, 3.8) is 0 Å². The maximum atomic E-state index is 12.6. The Labute approximate surface area is 161 Å². The van der Waals surface area contributed by atoms with Crippen LogP contribution in [0, 0.1) is 0 Å². The largest absolute Gasteiger partial charge is 0.473 e. The van der Waals surface area contributed by atoms with E-state index in [-0.39, 0.29) is 12.1 Å². The van der Waals surface area contributed by atoms with Crippen molar-refractivity contribution in [2.75, 3.05) is 6.54 Å². The second-order valence-electron chi connectivity index (χ2n) is 7.89. The van der Waals surface area contributed by atoms with Gasteiger partial charge in [0.05, 0.1) is 6.04 Å². The number of hydrogen-bond acceptors (Lipinski definition) is 4. The average Bonchev–Trinajstić information content (AvgIpc) is 2.66.